The third-order valence-corrected chi connectivity index (χ3v) is 6.04. The molecule has 2 rings (SSSR count). The van der Waals surface area contributed by atoms with Crippen LogP contribution in [0.15, 0.2) is 23.1 Å². The van der Waals surface area contributed by atoms with Crippen molar-refractivity contribution in [1.82, 2.24) is 9.62 Å². The van der Waals surface area contributed by atoms with E-state index in [9.17, 15) is 18.0 Å². The molecule has 1 fully saturated rings. The zero-order valence-corrected chi connectivity index (χ0v) is 16.6. The van der Waals surface area contributed by atoms with Gasteiger partial charge in [-0.2, -0.15) is 4.31 Å². The first-order chi connectivity index (χ1) is 12.6. The van der Waals surface area contributed by atoms with Gasteiger partial charge in [-0.05, 0) is 32.0 Å². The van der Waals surface area contributed by atoms with E-state index in [0.717, 1.165) is 0 Å². The maximum atomic E-state index is 12.8. The molecule has 1 aromatic rings. The number of carbonyl (C=O) groups excluding carboxylic acids is 2. The van der Waals surface area contributed by atoms with Gasteiger partial charge in [0.25, 0.3) is 5.91 Å². The Morgan fingerprint density at radius 1 is 1.19 bits per heavy atom. The van der Waals surface area contributed by atoms with Crippen LogP contribution in [0.2, 0.25) is 0 Å². The average molecular weight is 400 g/mol. The molecule has 9 nitrogen and oxygen atoms in total. The fourth-order valence-electron chi connectivity index (χ4n) is 2.62. The fourth-order valence-corrected chi connectivity index (χ4v) is 4.05. The summed E-state index contributed by atoms with van der Waals surface area (Å²) >= 11 is 0. The maximum absolute atomic E-state index is 12.8. The Kier molecular flexibility index (Phi) is 6.45. The SMILES string of the molecule is COC(=O)C(C)(C)NC(=O)c1cc(S(=O)(=O)N2CCOCC2)ccc1OC. The lowest BCUT2D eigenvalue weighted by Crippen LogP contribution is -2.50. The van der Waals surface area contributed by atoms with Crippen molar-refractivity contribution >= 4 is 21.9 Å². The number of esters is 1. The minimum Gasteiger partial charge on any atom is -0.496 e. The van der Waals surface area contributed by atoms with Gasteiger partial charge in [0.1, 0.15) is 11.3 Å². The molecule has 0 aliphatic carbocycles. The number of sulfonamides is 1. The Bertz CT molecular complexity index is 815. The zero-order valence-electron chi connectivity index (χ0n) is 15.8. The number of nitrogens with zero attached hydrogens (tertiary/aromatic N) is 1. The number of rotatable bonds is 6. The van der Waals surface area contributed by atoms with Crippen LogP contribution < -0.4 is 10.1 Å². The molecule has 150 valence electrons. The summed E-state index contributed by atoms with van der Waals surface area (Å²) < 4.78 is 42.0. The van der Waals surface area contributed by atoms with Gasteiger partial charge in [-0.25, -0.2) is 13.2 Å². The van der Waals surface area contributed by atoms with Crippen LogP contribution in [0.5, 0.6) is 5.75 Å². The van der Waals surface area contributed by atoms with Crippen LogP contribution in [0.25, 0.3) is 0 Å². The van der Waals surface area contributed by atoms with Gasteiger partial charge in [0, 0.05) is 13.1 Å². The van der Waals surface area contributed by atoms with E-state index in [1.165, 1.54) is 50.6 Å². The lowest BCUT2D eigenvalue weighted by molar-refractivity contribution is -0.146. The van der Waals surface area contributed by atoms with Crippen LogP contribution >= 0.6 is 0 Å². The first kappa shape index (κ1) is 21.1. The van der Waals surface area contributed by atoms with Gasteiger partial charge in [0.05, 0.1) is 37.9 Å². The number of amides is 1. The topological polar surface area (TPSA) is 111 Å². The predicted molar refractivity (Wildman–Crippen MR) is 96.1 cm³/mol. The summed E-state index contributed by atoms with van der Waals surface area (Å²) in [6.45, 7) is 4.08. The standard InChI is InChI=1S/C17H24N2O7S/c1-17(2,16(21)25-4)18-15(20)13-11-12(5-6-14(13)24-3)27(22,23)19-7-9-26-10-8-19/h5-6,11H,7-10H2,1-4H3,(H,18,20). The van der Waals surface area contributed by atoms with E-state index in [1.54, 1.807) is 0 Å². The Balaban J connectivity index is 2.37. The number of morpholine rings is 1. The second-order valence-electron chi connectivity index (χ2n) is 6.45. The number of nitrogens with one attached hydrogen (secondary N) is 1. The third-order valence-electron chi connectivity index (χ3n) is 4.15. The number of hydrogen-bond acceptors (Lipinski definition) is 7. The lowest BCUT2D eigenvalue weighted by atomic mass is 10.0. The molecule has 1 saturated heterocycles. The second kappa shape index (κ2) is 8.24. The molecule has 1 aromatic carbocycles. The first-order valence-corrected chi connectivity index (χ1v) is 9.74. The van der Waals surface area contributed by atoms with Crippen molar-refractivity contribution in [2.45, 2.75) is 24.3 Å². The molecule has 1 aliphatic heterocycles. The highest BCUT2D eigenvalue weighted by Gasteiger charge is 2.33. The summed E-state index contributed by atoms with van der Waals surface area (Å²) in [5, 5.41) is 2.53. The molecule has 0 spiro atoms. The van der Waals surface area contributed by atoms with E-state index in [4.69, 9.17) is 9.47 Å². The van der Waals surface area contributed by atoms with Gasteiger partial charge < -0.3 is 19.5 Å². The van der Waals surface area contributed by atoms with Gasteiger partial charge >= 0.3 is 5.97 Å². The van der Waals surface area contributed by atoms with Crippen LogP contribution in [0.4, 0.5) is 0 Å². The summed E-state index contributed by atoms with van der Waals surface area (Å²) in [5.41, 5.74) is -1.29. The molecule has 0 saturated carbocycles. The van der Waals surface area contributed by atoms with E-state index in [0.29, 0.717) is 13.2 Å². The van der Waals surface area contributed by atoms with Gasteiger partial charge in [-0.3, -0.25) is 4.79 Å². The van der Waals surface area contributed by atoms with Crippen LogP contribution in [-0.2, 0) is 24.3 Å². The molecule has 1 heterocycles. The zero-order chi connectivity index (χ0) is 20.2. The minimum absolute atomic E-state index is 0.00353. The number of hydrogen-bond donors (Lipinski definition) is 1. The molecule has 27 heavy (non-hydrogen) atoms. The molecule has 0 atom stereocenters. The van der Waals surface area contributed by atoms with E-state index >= 15 is 0 Å². The highest BCUT2D eigenvalue weighted by atomic mass is 32.2. The van der Waals surface area contributed by atoms with E-state index < -0.39 is 27.4 Å². The number of carbonyl (C=O) groups is 2. The van der Waals surface area contributed by atoms with E-state index in [-0.39, 0.29) is 29.3 Å². The molecule has 10 heteroatoms. The molecule has 0 aromatic heterocycles. The van der Waals surface area contributed by atoms with Crippen LogP contribution in [0, 0.1) is 0 Å². The molecular formula is C17H24N2O7S. The average Bonchev–Trinajstić information content (AvgIpc) is 2.66. The highest BCUT2D eigenvalue weighted by molar-refractivity contribution is 7.89. The van der Waals surface area contributed by atoms with Crippen molar-refractivity contribution in [3.8, 4) is 5.75 Å². The van der Waals surface area contributed by atoms with Crippen molar-refractivity contribution in [2.75, 3.05) is 40.5 Å². The van der Waals surface area contributed by atoms with Crippen molar-refractivity contribution in [2.24, 2.45) is 0 Å². The summed E-state index contributed by atoms with van der Waals surface area (Å²) in [7, 11) is -1.20. The van der Waals surface area contributed by atoms with Gasteiger partial charge in [-0.1, -0.05) is 0 Å². The smallest absolute Gasteiger partial charge is 0.330 e. The quantitative estimate of drug-likeness (QED) is 0.688. The first-order valence-electron chi connectivity index (χ1n) is 8.30. The minimum atomic E-state index is -3.78. The second-order valence-corrected chi connectivity index (χ2v) is 8.39. The number of benzene rings is 1. The van der Waals surface area contributed by atoms with Crippen molar-refractivity contribution in [1.29, 1.82) is 0 Å². The lowest BCUT2D eigenvalue weighted by Gasteiger charge is -2.26. The van der Waals surface area contributed by atoms with Crippen molar-refractivity contribution < 1.29 is 32.2 Å². The fraction of sp³-hybridized carbons (Fsp3) is 0.529. The predicted octanol–water partition coefficient (Wildman–Crippen LogP) is 0.398. The van der Waals surface area contributed by atoms with E-state index in [1.807, 2.05) is 0 Å². The highest BCUT2D eigenvalue weighted by Crippen LogP contribution is 2.25. The van der Waals surface area contributed by atoms with Crippen LogP contribution in [0.1, 0.15) is 24.2 Å². The molecular weight excluding hydrogens is 376 g/mol. The summed E-state index contributed by atoms with van der Waals surface area (Å²) in [5.74, 6) is -1.10. The van der Waals surface area contributed by atoms with Crippen LogP contribution in [-0.4, -0.2) is 70.7 Å². The van der Waals surface area contributed by atoms with Crippen molar-refractivity contribution in [3.63, 3.8) is 0 Å². The molecule has 1 aliphatic rings. The molecule has 0 bridgehead atoms. The molecule has 1 amide bonds. The molecule has 0 unspecified atom stereocenters. The third kappa shape index (κ3) is 4.57. The van der Waals surface area contributed by atoms with Gasteiger partial charge in [-0.15, -0.1) is 0 Å². The Morgan fingerprint density at radius 3 is 2.37 bits per heavy atom. The summed E-state index contributed by atoms with van der Waals surface area (Å²) in [6, 6.07) is 4.03. The van der Waals surface area contributed by atoms with E-state index in [2.05, 4.69) is 10.1 Å². The number of methoxy groups -OCH3 is 2. The summed E-state index contributed by atoms with van der Waals surface area (Å²) in [6.07, 6.45) is 0. The van der Waals surface area contributed by atoms with Crippen molar-refractivity contribution in [3.05, 3.63) is 23.8 Å². The van der Waals surface area contributed by atoms with Gasteiger partial charge in [0.2, 0.25) is 10.0 Å². The molecule has 0 radical (unpaired) electrons. The van der Waals surface area contributed by atoms with Crippen LogP contribution in [0.3, 0.4) is 0 Å². The summed E-state index contributed by atoms with van der Waals surface area (Å²) in [4.78, 5) is 24.5. The number of ether oxygens (including phenoxy) is 3. The Hall–Kier alpha value is -2.17. The molecule has 1 N–H and O–H groups in total. The maximum Gasteiger partial charge on any atom is 0.330 e. The Labute approximate surface area is 158 Å². The largest absolute Gasteiger partial charge is 0.496 e. The van der Waals surface area contributed by atoms with Gasteiger partial charge in [0.15, 0.2) is 0 Å². The normalized spacial score (nSPS) is 15.9. The monoisotopic (exact) mass is 400 g/mol. The Morgan fingerprint density at radius 2 is 1.81 bits per heavy atom.